The van der Waals surface area contributed by atoms with Crippen molar-refractivity contribution in [3.8, 4) is 5.75 Å². The first kappa shape index (κ1) is 14.1. The molecule has 0 saturated heterocycles. The average Bonchev–Trinajstić information content (AvgIpc) is 2.43. The Hall–Kier alpha value is -1.32. The standard InChI is InChI=1S/C16H18BrNO/c1-10-7-13(8-11(2)15(10)17)16(18)12-5-4-6-14(9-12)19-3/h4-9,16H,18H2,1-3H3. The second-order valence-electron chi connectivity index (χ2n) is 4.72. The number of halogens is 1. The van der Waals surface area contributed by atoms with Gasteiger partial charge in [0.15, 0.2) is 0 Å². The number of benzene rings is 2. The maximum atomic E-state index is 6.36. The van der Waals surface area contributed by atoms with E-state index in [1.165, 1.54) is 11.1 Å². The van der Waals surface area contributed by atoms with E-state index in [2.05, 4.69) is 41.9 Å². The van der Waals surface area contributed by atoms with Crippen molar-refractivity contribution in [2.45, 2.75) is 19.9 Å². The van der Waals surface area contributed by atoms with E-state index in [0.29, 0.717) is 0 Å². The van der Waals surface area contributed by atoms with Crippen LogP contribution >= 0.6 is 15.9 Å². The van der Waals surface area contributed by atoms with Gasteiger partial charge in [0.05, 0.1) is 13.2 Å². The zero-order valence-electron chi connectivity index (χ0n) is 11.4. The van der Waals surface area contributed by atoms with E-state index in [1.807, 2.05) is 24.3 Å². The van der Waals surface area contributed by atoms with E-state index in [0.717, 1.165) is 21.3 Å². The summed E-state index contributed by atoms with van der Waals surface area (Å²) in [7, 11) is 1.67. The molecule has 2 rings (SSSR count). The highest BCUT2D eigenvalue weighted by atomic mass is 79.9. The molecule has 2 N–H and O–H groups in total. The fourth-order valence-electron chi connectivity index (χ4n) is 2.19. The minimum atomic E-state index is -0.138. The number of methoxy groups -OCH3 is 1. The first-order valence-electron chi connectivity index (χ1n) is 6.19. The fourth-order valence-corrected chi connectivity index (χ4v) is 2.42. The van der Waals surface area contributed by atoms with E-state index < -0.39 is 0 Å². The van der Waals surface area contributed by atoms with Crippen LogP contribution in [0.5, 0.6) is 5.75 Å². The molecule has 0 amide bonds. The first-order valence-corrected chi connectivity index (χ1v) is 6.98. The highest BCUT2D eigenvalue weighted by Gasteiger charge is 2.12. The summed E-state index contributed by atoms with van der Waals surface area (Å²) in [5, 5.41) is 0. The van der Waals surface area contributed by atoms with Crippen molar-refractivity contribution >= 4 is 15.9 Å². The van der Waals surface area contributed by atoms with Gasteiger partial charge in [-0.25, -0.2) is 0 Å². The molecule has 0 fully saturated rings. The van der Waals surface area contributed by atoms with Crippen molar-refractivity contribution in [2.24, 2.45) is 5.73 Å². The second kappa shape index (κ2) is 5.76. The quantitative estimate of drug-likeness (QED) is 0.923. The summed E-state index contributed by atoms with van der Waals surface area (Å²) in [6.07, 6.45) is 0. The SMILES string of the molecule is COc1cccc(C(N)c2cc(C)c(Br)c(C)c2)c1. The number of hydrogen-bond acceptors (Lipinski definition) is 2. The summed E-state index contributed by atoms with van der Waals surface area (Å²) in [5.41, 5.74) is 10.9. The average molecular weight is 320 g/mol. The summed E-state index contributed by atoms with van der Waals surface area (Å²) in [5.74, 6) is 0.832. The molecule has 0 heterocycles. The summed E-state index contributed by atoms with van der Waals surface area (Å²) >= 11 is 3.58. The maximum absolute atomic E-state index is 6.36. The van der Waals surface area contributed by atoms with Gasteiger partial charge in [0.2, 0.25) is 0 Å². The lowest BCUT2D eigenvalue weighted by Gasteiger charge is -2.16. The van der Waals surface area contributed by atoms with Gasteiger partial charge >= 0.3 is 0 Å². The van der Waals surface area contributed by atoms with Gasteiger partial charge in [-0.3, -0.25) is 0 Å². The maximum Gasteiger partial charge on any atom is 0.119 e. The van der Waals surface area contributed by atoms with E-state index >= 15 is 0 Å². The molecule has 1 unspecified atom stereocenters. The van der Waals surface area contributed by atoms with Crippen LogP contribution in [0.25, 0.3) is 0 Å². The molecule has 0 spiro atoms. The zero-order chi connectivity index (χ0) is 14.0. The molecule has 2 aromatic carbocycles. The highest BCUT2D eigenvalue weighted by Crippen LogP contribution is 2.28. The zero-order valence-corrected chi connectivity index (χ0v) is 13.0. The lowest BCUT2D eigenvalue weighted by Crippen LogP contribution is -2.12. The molecule has 19 heavy (non-hydrogen) atoms. The molecule has 0 saturated carbocycles. The Labute approximate surface area is 122 Å². The Kier molecular flexibility index (Phi) is 4.27. The first-order chi connectivity index (χ1) is 9.02. The Balaban J connectivity index is 2.40. The highest BCUT2D eigenvalue weighted by molar-refractivity contribution is 9.10. The van der Waals surface area contributed by atoms with Gasteiger partial charge in [-0.2, -0.15) is 0 Å². The molecule has 100 valence electrons. The lowest BCUT2D eigenvalue weighted by atomic mass is 9.96. The van der Waals surface area contributed by atoms with Crippen LogP contribution < -0.4 is 10.5 Å². The van der Waals surface area contributed by atoms with E-state index in [4.69, 9.17) is 10.5 Å². The molecular weight excluding hydrogens is 302 g/mol. The van der Waals surface area contributed by atoms with Crippen LogP contribution in [0.1, 0.15) is 28.3 Å². The van der Waals surface area contributed by atoms with Crippen LogP contribution in [0, 0.1) is 13.8 Å². The number of ether oxygens (including phenoxy) is 1. The number of hydrogen-bond donors (Lipinski definition) is 1. The topological polar surface area (TPSA) is 35.2 Å². The monoisotopic (exact) mass is 319 g/mol. The van der Waals surface area contributed by atoms with Crippen molar-refractivity contribution in [1.82, 2.24) is 0 Å². The smallest absolute Gasteiger partial charge is 0.119 e. The summed E-state index contributed by atoms with van der Waals surface area (Å²) in [4.78, 5) is 0. The Morgan fingerprint density at radius 3 is 2.26 bits per heavy atom. The minimum Gasteiger partial charge on any atom is -0.497 e. The molecule has 0 radical (unpaired) electrons. The molecule has 0 aliphatic carbocycles. The number of aryl methyl sites for hydroxylation is 2. The van der Waals surface area contributed by atoms with Crippen LogP contribution in [0.15, 0.2) is 40.9 Å². The molecule has 2 nitrogen and oxygen atoms in total. The van der Waals surface area contributed by atoms with E-state index in [1.54, 1.807) is 7.11 Å². The van der Waals surface area contributed by atoms with Crippen molar-refractivity contribution in [3.63, 3.8) is 0 Å². The molecule has 0 aliphatic heterocycles. The van der Waals surface area contributed by atoms with Crippen molar-refractivity contribution in [1.29, 1.82) is 0 Å². The van der Waals surface area contributed by atoms with Gasteiger partial charge in [0, 0.05) is 4.47 Å². The van der Waals surface area contributed by atoms with Crippen LogP contribution in [-0.2, 0) is 0 Å². The molecule has 2 aromatic rings. The van der Waals surface area contributed by atoms with Crippen LogP contribution in [-0.4, -0.2) is 7.11 Å². The third-order valence-electron chi connectivity index (χ3n) is 3.27. The molecule has 0 bridgehead atoms. The van der Waals surface area contributed by atoms with Crippen LogP contribution in [0.4, 0.5) is 0 Å². The Bertz CT molecular complexity index is 572. The van der Waals surface area contributed by atoms with Gasteiger partial charge in [-0.15, -0.1) is 0 Å². The second-order valence-corrected chi connectivity index (χ2v) is 5.52. The van der Waals surface area contributed by atoms with Gasteiger partial charge in [-0.1, -0.05) is 40.2 Å². The van der Waals surface area contributed by atoms with Crippen molar-refractivity contribution in [3.05, 3.63) is 63.1 Å². The van der Waals surface area contributed by atoms with E-state index in [-0.39, 0.29) is 6.04 Å². The molecule has 1 atom stereocenters. The summed E-state index contributed by atoms with van der Waals surface area (Å²) in [6.45, 7) is 4.16. The van der Waals surface area contributed by atoms with Crippen molar-refractivity contribution < 1.29 is 4.74 Å². The molecule has 0 aliphatic rings. The summed E-state index contributed by atoms with van der Waals surface area (Å²) < 4.78 is 6.39. The predicted molar refractivity (Wildman–Crippen MR) is 82.6 cm³/mol. The summed E-state index contributed by atoms with van der Waals surface area (Å²) in [6, 6.07) is 12.0. The number of rotatable bonds is 3. The van der Waals surface area contributed by atoms with Crippen LogP contribution in [0.2, 0.25) is 0 Å². The molecule has 3 heteroatoms. The Morgan fingerprint density at radius 2 is 1.68 bits per heavy atom. The van der Waals surface area contributed by atoms with E-state index in [9.17, 15) is 0 Å². The van der Waals surface area contributed by atoms with Gasteiger partial charge in [-0.05, 0) is 48.2 Å². The lowest BCUT2D eigenvalue weighted by molar-refractivity contribution is 0.414. The van der Waals surface area contributed by atoms with Crippen LogP contribution in [0.3, 0.4) is 0 Å². The third kappa shape index (κ3) is 2.99. The number of nitrogens with two attached hydrogens (primary N) is 1. The largest absolute Gasteiger partial charge is 0.497 e. The minimum absolute atomic E-state index is 0.138. The normalized spacial score (nSPS) is 12.3. The predicted octanol–water partition coefficient (Wildman–Crippen LogP) is 4.12. The van der Waals surface area contributed by atoms with Gasteiger partial charge in [0.25, 0.3) is 0 Å². The van der Waals surface area contributed by atoms with Gasteiger partial charge in [0.1, 0.15) is 5.75 Å². The van der Waals surface area contributed by atoms with Crippen molar-refractivity contribution in [2.75, 3.05) is 7.11 Å². The third-order valence-corrected chi connectivity index (χ3v) is 4.52. The molecular formula is C16H18BrNO. The Morgan fingerprint density at radius 1 is 1.05 bits per heavy atom. The molecule has 0 aromatic heterocycles. The fraction of sp³-hybridized carbons (Fsp3) is 0.250. The van der Waals surface area contributed by atoms with Gasteiger partial charge < -0.3 is 10.5 Å².